The van der Waals surface area contributed by atoms with Crippen LogP contribution in [0.15, 0.2) is 30.3 Å². The highest BCUT2D eigenvalue weighted by molar-refractivity contribution is 5.74. The summed E-state index contributed by atoms with van der Waals surface area (Å²) in [7, 11) is 1.48. The van der Waals surface area contributed by atoms with E-state index in [0.29, 0.717) is 12.8 Å². The number of nitrogens with one attached hydrogen (secondary N) is 2. The Balaban J connectivity index is 2.60. The molecule has 0 aromatic heterocycles. The minimum Gasteiger partial charge on any atom is -0.481 e. The lowest BCUT2D eigenvalue weighted by atomic mass is 10.0. The van der Waals surface area contributed by atoms with Crippen LogP contribution in [0.4, 0.5) is 4.79 Å². The summed E-state index contributed by atoms with van der Waals surface area (Å²) in [4.78, 5) is 22.8. The van der Waals surface area contributed by atoms with Gasteiger partial charge in [-0.15, -0.1) is 0 Å². The molecular weight excluding hydrogens is 300 g/mol. The van der Waals surface area contributed by atoms with Gasteiger partial charge in [-0.3, -0.25) is 4.79 Å². The third kappa shape index (κ3) is 8.18. The summed E-state index contributed by atoms with van der Waals surface area (Å²) in [6.45, 7) is -0.0395. The predicted molar refractivity (Wildman–Crippen MR) is 85.2 cm³/mol. The van der Waals surface area contributed by atoms with E-state index in [9.17, 15) is 9.59 Å². The summed E-state index contributed by atoms with van der Waals surface area (Å²) in [5.41, 5.74) is 1.01. The van der Waals surface area contributed by atoms with Crippen LogP contribution >= 0.6 is 0 Å². The zero-order valence-electron chi connectivity index (χ0n) is 13.2. The van der Waals surface area contributed by atoms with Crippen molar-refractivity contribution in [2.24, 2.45) is 0 Å². The Morgan fingerprint density at radius 1 is 1.17 bits per heavy atom. The van der Waals surface area contributed by atoms with E-state index in [0.717, 1.165) is 5.56 Å². The predicted octanol–water partition coefficient (Wildman–Crippen LogP) is 0.769. The van der Waals surface area contributed by atoms with E-state index in [4.69, 9.17) is 14.9 Å². The molecule has 0 spiro atoms. The van der Waals surface area contributed by atoms with Gasteiger partial charge in [-0.1, -0.05) is 30.3 Å². The average molecular weight is 324 g/mol. The van der Waals surface area contributed by atoms with Crippen LogP contribution in [-0.4, -0.2) is 54.6 Å². The monoisotopic (exact) mass is 324 g/mol. The van der Waals surface area contributed by atoms with Crippen LogP contribution in [0.1, 0.15) is 18.4 Å². The summed E-state index contributed by atoms with van der Waals surface area (Å²) in [5.74, 6) is -0.905. The van der Waals surface area contributed by atoms with E-state index in [1.54, 1.807) is 0 Å². The topological polar surface area (TPSA) is 108 Å². The number of ether oxygens (including phenoxy) is 1. The molecule has 0 aliphatic heterocycles. The van der Waals surface area contributed by atoms with E-state index in [1.807, 2.05) is 30.3 Å². The van der Waals surface area contributed by atoms with E-state index >= 15 is 0 Å². The highest BCUT2D eigenvalue weighted by atomic mass is 16.5. The second-order valence-corrected chi connectivity index (χ2v) is 5.27. The molecule has 0 radical (unpaired) electrons. The molecule has 0 heterocycles. The van der Waals surface area contributed by atoms with Gasteiger partial charge in [-0.05, 0) is 18.4 Å². The first-order valence-electron chi connectivity index (χ1n) is 7.47. The van der Waals surface area contributed by atoms with Gasteiger partial charge in [-0.25, -0.2) is 4.79 Å². The summed E-state index contributed by atoms with van der Waals surface area (Å²) < 4.78 is 4.90. The number of carbonyl (C=O) groups is 2. The number of carbonyl (C=O) groups excluding carboxylic acids is 1. The fraction of sp³-hybridized carbons (Fsp3) is 0.500. The maximum absolute atomic E-state index is 12.0. The number of carboxylic acid groups (broad SMARTS) is 1. The van der Waals surface area contributed by atoms with Crippen LogP contribution in [-0.2, 0) is 16.0 Å². The van der Waals surface area contributed by atoms with Gasteiger partial charge in [0.2, 0.25) is 0 Å². The van der Waals surface area contributed by atoms with Crippen molar-refractivity contribution in [3.05, 3.63) is 35.9 Å². The molecule has 0 aliphatic rings. The van der Waals surface area contributed by atoms with E-state index < -0.39 is 18.0 Å². The van der Waals surface area contributed by atoms with Crippen molar-refractivity contribution < 1.29 is 24.5 Å². The van der Waals surface area contributed by atoms with E-state index in [-0.39, 0.29) is 25.7 Å². The first-order valence-corrected chi connectivity index (χ1v) is 7.47. The first kappa shape index (κ1) is 18.9. The van der Waals surface area contributed by atoms with Gasteiger partial charge in [0.05, 0.1) is 19.3 Å². The average Bonchev–Trinajstić information content (AvgIpc) is 2.53. The minimum atomic E-state index is -0.905. The number of aliphatic hydroxyl groups excluding tert-OH is 1. The molecule has 128 valence electrons. The van der Waals surface area contributed by atoms with Gasteiger partial charge >= 0.3 is 12.0 Å². The van der Waals surface area contributed by atoms with Crippen molar-refractivity contribution in [1.82, 2.24) is 10.6 Å². The SMILES string of the molecule is COCC(CO)NC(=O)NC(CCC(=O)O)Cc1ccccc1. The van der Waals surface area contributed by atoms with Crippen LogP contribution in [0.3, 0.4) is 0 Å². The van der Waals surface area contributed by atoms with Crippen molar-refractivity contribution in [2.75, 3.05) is 20.3 Å². The van der Waals surface area contributed by atoms with Gasteiger partial charge in [0.15, 0.2) is 0 Å². The Bertz CT molecular complexity index is 481. The Morgan fingerprint density at radius 3 is 2.39 bits per heavy atom. The zero-order chi connectivity index (χ0) is 17.1. The fourth-order valence-corrected chi connectivity index (χ4v) is 2.18. The molecule has 0 saturated carbocycles. The maximum Gasteiger partial charge on any atom is 0.315 e. The molecule has 4 N–H and O–H groups in total. The van der Waals surface area contributed by atoms with Crippen LogP contribution in [0.5, 0.6) is 0 Å². The maximum atomic E-state index is 12.0. The second kappa shape index (κ2) is 10.6. The number of hydrogen-bond donors (Lipinski definition) is 4. The quantitative estimate of drug-likeness (QED) is 0.508. The third-order valence-electron chi connectivity index (χ3n) is 3.29. The number of amides is 2. The van der Waals surface area contributed by atoms with Crippen LogP contribution in [0.2, 0.25) is 0 Å². The number of hydrogen-bond acceptors (Lipinski definition) is 4. The molecule has 1 aromatic rings. The van der Waals surface area contributed by atoms with Crippen molar-refractivity contribution in [2.45, 2.75) is 31.3 Å². The Labute approximate surface area is 135 Å². The Kier molecular flexibility index (Phi) is 8.71. The lowest BCUT2D eigenvalue weighted by Crippen LogP contribution is -2.49. The molecule has 2 unspecified atom stereocenters. The zero-order valence-corrected chi connectivity index (χ0v) is 13.2. The Hall–Kier alpha value is -2.12. The van der Waals surface area contributed by atoms with Gasteiger partial charge in [0.1, 0.15) is 0 Å². The van der Waals surface area contributed by atoms with Crippen molar-refractivity contribution in [3.8, 4) is 0 Å². The second-order valence-electron chi connectivity index (χ2n) is 5.27. The van der Waals surface area contributed by atoms with Gasteiger partial charge in [0.25, 0.3) is 0 Å². The van der Waals surface area contributed by atoms with Crippen molar-refractivity contribution in [1.29, 1.82) is 0 Å². The Morgan fingerprint density at radius 2 is 1.83 bits per heavy atom. The number of rotatable bonds is 10. The van der Waals surface area contributed by atoms with Crippen molar-refractivity contribution in [3.63, 3.8) is 0 Å². The molecule has 7 nitrogen and oxygen atoms in total. The molecule has 7 heteroatoms. The number of carboxylic acids is 1. The summed E-state index contributed by atoms with van der Waals surface area (Å²) >= 11 is 0. The van der Waals surface area contributed by atoms with E-state index in [1.165, 1.54) is 7.11 Å². The molecule has 2 amide bonds. The largest absolute Gasteiger partial charge is 0.481 e. The standard InChI is InChI=1S/C16H24N2O5/c1-23-11-14(10-19)18-16(22)17-13(7-8-15(20)21)9-12-5-3-2-4-6-12/h2-6,13-14,19H,7-11H2,1H3,(H,20,21)(H2,17,18,22). The molecule has 0 fully saturated rings. The van der Waals surface area contributed by atoms with Crippen LogP contribution in [0, 0.1) is 0 Å². The molecule has 0 saturated heterocycles. The molecule has 23 heavy (non-hydrogen) atoms. The highest BCUT2D eigenvalue weighted by Crippen LogP contribution is 2.08. The number of urea groups is 1. The normalized spacial score (nSPS) is 13.1. The summed E-state index contributed by atoms with van der Waals surface area (Å²) in [6.07, 6.45) is 0.834. The highest BCUT2D eigenvalue weighted by Gasteiger charge is 2.17. The first-order chi connectivity index (χ1) is 11.0. The molecule has 0 aliphatic carbocycles. The molecular formula is C16H24N2O5. The smallest absolute Gasteiger partial charge is 0.315 e. The molecule has 0 bridgehead atoms. The lowest BCUT2D eigenvalue weighted by Gasteiger charge is -2.21. The number of methoxy groups -OCH3 is 1. The van der Waals surface area contributed by atoms with Gasteiger partial charge in [0, 0.05) is 19.6 Å². The summed E-state index contributed by atoms with van der Waals surface area (Å²) in [6, 6.07) is 8.27. The van der Waals surface area contributed by atoms with Crippen LogP contribution < -0.4 is 10.6 Å². The fourth-order valence-electron chi connectivity index (χ4n) is 2.18. The third-order valence-corrected chi connectivity index (χ3v) is 3.29. The molecule has 1 rings (SSSR count). The van der Waals surface area contributed by atoms with E-state index in [2.05, 4.69) is 10.6 Å². The molecule has 2 atom stereocenters. The minimum absolute atomic E-state index is 0.0285. The molecule has 1 aromatic carbocycles. The summed E-state index contributed by atoms with van der Waals surface area (Å²) in [5, 5.41) is 23.4. The number of benzene rings is 1. The lowest BCUT2D eigenvalue weighted by molar-refractivity contribution is -0.137. The van der Waals surface area contributed by atoms with Crippen molar-refractivity contribution >= 4 is 12.0 Å². The van der Waals surface area contributed by atoms with Crippen LogP contribution in [0.25, 0.3) is 0 Å². The number of aliphatic carboxylic acids is 1. The number of aliphatic hydroxyl groups is 1. The van der Waals surface area contributed by atoms with Gasteiger partial charge < -0.3 is 25.6 Å². The van der Waals surface area contributed by atoms with Gasteiger partial charge in [-0.2, -0.15) is 0 Å².